The lowest BCUT2D eigenvalue weighted by Gasteiger charge is -2.27. The van der Waals surface area contributed by atoms with Gasteiger partial charge in [0.2, 0.25) is 5.91 Å². The first-order valence-electron chi connectivity index (χ1n) is 9.64. The lowest BCUT2D eigenvalue weighted by molar-refractivity contribution is -0.147. The summed E-state index contributed by atoms with van der Waals surface area (Å²) in [6, 6.07) is 5.99. The molecule has 0 aliphatic heterocycles. The van der Waals surface area contributed by atoms with Crippen LogP contribution in [-0.4, -0.2) is 30.1 Å². The van der Waals surface area contributed by atoms with Crippen molar-refractivity contribution in [2.24, 2.45) is 11.8 Å². The highest BCUT2D eigenvalue weighted by Gasteiger charge is 2.36. The minimum Gasteiger partial charge on any atom is -0.481 e. The molecule has 1 aliphatic carbocycles. The fraction of sp³-hybridized carbons (Fsp3) is 0.409. The van der Waals surface area contributed by atoms with E-state index in [1.54, 1.807) is 0 Å². The van der Waals surface area contributed by atoms with Gasteiger partial charge in [-0.3, -0.25) is 9.59 Å². The van der Waals surface area contributed by atoms with Crippen molar-refractivity contribution in [3.63, 3.8) is 0 Å². The third-order valence-corrected chi connectivity index (χ3v) is 6.42. The Kier molecular flexibility index (Phi) is 6.37. The van der Waals surface area contributed by atoms with Crippen molar-refractivity contribution in [2.45, 2.75) is 39.5 Å². The number of carboxylic acids is 1. The van der Waals surface area contributed by atoms with Gasteiger partial charge in [0.1, 0.15) is 10.6 Å². The maximum absolute atomic E-state index is 12.9. The summed E-state index contributed by atoms with van der Waals surface area (Å²) in [6.45, 7) is 3.94. The molecule has 1 amide bonds. The van der Waals surface area contributed by atoms with Crippen LogP contribution in [0.5, 0.6) is 0 Å². The van der Waals surface area contributed by atoms with E-state index in [0.29, 0.717) is 29.0 Å². The summed E-state index contributed by atoms with van der Waals surface area (Å²) in [6.07, 6.45) is 2.66. The number of esters is 1. The van der Waals surface area contributed by atoms with Gasteiger partial charge in [-0.2, -0.15) is 0 Å². The second kappa shape index (κ2) is 8.78. The molecule has 0 unspecified atom stereocenters. The highest BCUT2D eigenvalue weighted by Crippen LogP contribution is 2.39. The fourth-order valence-corrected chi connectivity index (χ4v) is 4.87. The van der Waals surface area contributed by atoms with Crippen molar-refractivity contribution < 1.29 is 24.2 Å². The fourth-order valence-electron chi connectivity index (χ4n) is 3.92. The van der Waals surface area contributed by atoms with E-state index in [1.165, 1.54) is 18.4 Å². The van der Waals surface area contributed by atoms with Crippen LogP contribution in [0.15, 0.2) is 23.6 Å². The highest BCUT2D eigenvalue weighted by atomic mass is 32.1. The number of aliphatic carboxylic acids is 1. The van der Waals surface area contributed by atoms with E-state index < -0.39 is 23.8 Å². The second-order valence-corrected chi connectivity index (χ2v) is 8.37. The zero-order valence-electron chi connectivity index (χ0n) is 16.8. The largest absolute Gasteiger partial charge is 0.481 e. The number of amides is 1. The van der Waals surface area contributed by atoms with Crippen LogP contribution in [0.4, 0.5) is 5.00 Å². The normalized spacial score (nSPS) is 18.9. The van der Waals surface area contributed by atoms with Crippen molar-refractivity contribution in [1.82, 2.24) is 0 Å². The van der Waals surface area contributed by atoms with Crippen LogP contribution in [0.25, 0.3) is 11.1 Å². The van der Waals surface area contributed by atoms with Gasteiger partial charge >= 0.3 is 11.9 Å². The van der Waals surface area contributed by atoms with Crippen LogP contribution in [0, 0.1) is 25.7 Å². The molecule has 1 aromatic heterocycles. The molecule has 0 spiro atoms. The first-order chi connectivity index (χ1) is 13.8. The Bertz CT molecular complexity index is 949. The molecule has 2 N–H and O–H groups in total. The molecule has 1 fully saturated rings. The number of anilines is 1. The second-order valence-electron chi connectivity index (χ2n) is 7.49. The Morgan fingerprint density at radius 1 is 1.10 bits per heavy atom. The van der Waals surface area contributed by atoms with Gasteiger partial charge in [-0.1, -0.05) is 36.6 Å². The standard InChI is InChI=1S/C22H25NO5S/c1-12-8-9-13(2)16(10-12)17-11-29-20(18(17)22(27)28-3)23-19(24)14-6-4-5-7-15(14)21(25)26/h8-11,14-15H,4-7H2,1-3H3,(H,23,24)(H,25,26)/t14-,15+/m0/s1. The summed E-state index contributed by atoms with van der Waals surface area (Å²) in [7, 11) is 1.31. The number of hydrogen-bond acceptors (Lipinski definition) is 5. The summed E-state index contributed by atoms with van der Waals surface area (Å²) in [5.74, 6) is -3.12. The SMILES string of the molecule is COC(=O)c1c(-c2cc(C)ccc2C)csc1NC(=O)[C@H]1CCCC[C@H]1C(=O)O. The van der Waals surface area contributed by atoms with Crippen LogP contribution >= 0.6 is 11.3 Å². The van der Waals surface area contributed by atoms with E-state index in [4.69, 9.17) is 4.74 Å². The van der Waals surface area contributed by atoms with Gasteiger partial charge in [0.05, 0.1) is 18.9 Å². The minimum atomic E-state index is -0.944. The maximum atomic E-state index is 12.9. The Labute approximate surface area is 173 Å². The van der Waals surface area contributed by atoms with Gasteiger partial charge in [-0.25, -0.2) is 4.79 Å². The van der Waals surface area contributed by atoms with Gasteiger partial charge in [-0.15, -0.1) is 11.3 Å². The van der Waals surface area contributed by atoms with Crippen molar-refractivity contribution >= 4 is 34.2 Å². The molecular weight excluding hydrogens is 390 g/mol. The molecule has 1 aromatic carbocycles. The predicted octanol–water partition coefficient (Wildman–Crippen LogP) is 4.65. The van der Waals surface area contributed by atoms with Crippen molar-refractivity contribution in [3.05, 3.63) is 40.3 Å². The van der Waals surface area contributed by atoms with Gasteiger partial charge in [0.15, 0.2) is 0 Å². The first kappa shape index (κ1) is 21.0. The van der Waals surface area contributed by atoms with E-state index in [1.807, 2.05) is 37.4 Å². The number of carboxylic acid groups (broad SMARTS) is 1. The average Bonchev–Trinajstić information content (AvgIpc) is 3.12. The van der Waals surface area contributed by atoms with E-state index in [2.05, 4.69) is 5.32 Å². The Hall–Kier alpha value is -2.67. The molecule has 1 saturated carbocycles. The Balaban J connectivity index is 1.97. The molecule has 29 heavy (non-hydrogen) atoms. The Morgan fingerprint density at radius 3 is 2.45 bits per heavy atom. The summed E-state index contributed by atoms with van der Waals surface area (Å²) in [5.41, 5.74) is 3.99. The van der Waals surface area contributed by atoms with Crippen molar-refractivity contribution in [2.75, 3.05) is 12.4 Å². The molecule has 1 aliphatic rings. The zero-order valence-corrected chi connectivity index (χ0v) is 17.6. The number of carbonyl (C=O) groups excluding carboxylic acids is 2. The molecule has 0 saturated heterocycles. The summed E-state index contributed by atoms with van der Waals surface area (Å²) in [4.78, 5) is 37.0. The van der Waals surface area contributed by atoms with Crippen LogP contribution < -0.4 is 5.32 Å². The summed E-state index contributed by atoms with van der Waals surface area (Å²) in [5, 5.41) is 14.5. The lowest BCUT2D eigenvalue weighted by Crippen LogP contribution is -2.36. The average molecular weight is 416 g/mol. The maximum Gasteiger partial charge on any atom is 0.341 e. The number of carbonyl (C=O) groups is 3. The molecule has 1 heterocycles. The van der Waals surface area contributed by atoms with Gasteiger partial charge in [-0.05, 0) is 37.8 Å². The molecule has 6 nitrogen and oxygen atoms in total. The Morgan fingerprint density at radius 2 is 1.79 bits per heavy atom. The molecule has 0 bridgehead atoms. The minimum absolute atomic E-state index is 0.308. The van der Waals surface area contributed by atoms with Crippen LogP contribution in [0.2, 0.25) is 0 Å². The lowest BCUT2D eigenvalue weighted by atomic mass is 9.78. The third kappa shape index (κ3) is 4.34. The number of hydrogen-bond donors (Lipinski definition) is 2. The first-order valence-corrected chi connectivity index (χ1v) is 10.5. The van der Waals surface area contributed by atoms with E-state index >= 15 is 0 Å². The predicted molar refractivity (Wildman–Crippen MR) is 112 cm³/mol. The molecular formula is C22H25NO5S. The van der Waals surface area contributed by atoms with Gasteiger partial charge in [0, 0.05) is 10.9 Å². The number of rotatable bonds is 5. The van der Waals surface area contributed by atoms with Crippen molar-refractivity contribution in [1.29, 1.82) is 0 Å². The van der Waals surface area contributed by atoms with Gasteiger partial charge in [0.25, 0.3) is 0 Å². The monoisotopic (exact) mass is 415 g/mol. The molecule has 3 rings (SSSR count). The number of benzene rings is 1. The van der Waals surface area contributed by atoms with E-state index in [-0.39, 0.29) is 5.91 Å². The molecule has 2 aromatic rings. The topological polar surface area (TPSA) is 92.7 Å². The summed E-state index contributed by atoms with van der Waals surface area (Å²) < 4.78 is 4.98. The number of nitrogens with one attached hydrogen (secondary N) is 1. The van der Waals surface area contributed by atoms with Crippen LogP contribution in [0.3, 0.4) is 0 Å². The van der Waals surface area contributed by atoms with E-state index in [0.717, 1.165) is 29.5 Å². The molecule has 0 radical (unpaired) electrons. The number of aryl methyl sites for hydroxylation is 2. The molecule has 2 atom stereocenters. The van der Waals surface area contributed by atoms with Gasteiger partial charge < -0.3 is 15.2 Å². The van der Waals surface area contributed by atoms with E-state index in [9.17, 15) is 19.5 Å². The summed E-state index contributed by atoms with van der Waals surface area (Å²) >= 11 is 1.25. The highest BCUT2D eigenvalue weighted by molar-refractivity contribution is 7.15. The van der Waals surface area contributed by atoms with Crippen LogP contribution in [0.1, 0.15) is 47.2 Å². The quantitative estimate of drug-likeness (QED) is 0.694. The number of ether oxygens (including phenoxy) is 1. The number of methoxy groups -OCH3 is 1. The molecule has 7 heteroatoms. The number of thiophene rings is 1. The molecule has 154 valence electrons. The smallest absolute Gasteiger partial charge is 0.341 e. The third-order valence-electron chi connectivity index (χ3n) is 5.52. The van der Waals surface area contributed by atoms with Crippen molar-refractivity contribution in [3.8, 4) is 11.1 Å². The zero-order chi connectivity index (χ0) is 21.1. The van der Waals surface area contributed by atoms with Crippen LogP contribution in [-0.2, 0) is 14.3 Å².